The SMILES string of the molecule is CC1(C)CC(NCC2CCCC2)CCO1. The summed E-state index contributed by atoms with van der Waals surface area (Å²) in [5.41, 5.74) is 0.0889. The van der Waals surface area contributed by atoms with Crippen molar-refractivity contribution < 1.29 is 4.74 Å². The Morgan fingerprint density at radius 2 is 1.93 bits per heavy atom. The zero-order valence-corrected chi connectivity index (χ0v) is 10.2. The van der Waals surface area contributed by atoms with E-state index in [-0.39, 0.29) is 5.60 Å². The molecular formula is C13H25NO. The van der Waals surface area contributed by atoms with Gasteiger partial charge in [-0.3, -0.25) is 0 Å². The molecule has 1 saturated heterocycles. The summed E-state index contributed by atoms with van der Waals surface area (Å²) in [6.45, 7) is 6.57. The summed E-state index contributed by atoms with van der Waals surface area (Å²) in [6.07, 6.45) is 8.15. The van der Waals surface area contributed by atoms with Crippen molar-refractivity contribution in [1.82, 2.24) is 5.32 Å². The van der Waals surface area contributed by atoms with Gasteiger partial charge in [0.25, 0.3) is 0 Å². The topological polar surface area (TPSA) is 21.3 Å². The van der Waals surface area contributed by atoms with E-state index in [1.807, 2.05) is 0 Å². The third kappa shape index (κ3) is 3.46. The molecule has 0 radical (unpaired) electrons. The molecule has 2 rings (SSSR count). The minimum Gasteiger partial charge on any atom is -0.375 e. The van der Waals surface area contributed by atoms with Crippen LogP contribution in [0.15, 0.2) is 0 Å². The maximum absolute atomic E-state index is 5.73. The molecule has 2 nitrogen and oxygen atoms in total. The van der Waals surface area contributed by atoms with Gasteiger partial charge in [-0.25, -0.2) is 0 Å². The molecule has 2 aliphatic rings. The molecule has 2 fully saturated rings. The van der Waals surface area contributed by atoms with Crippen molar-refractivity contribution >= 4 is 0 Å². The van der Waals surface area contributed by atoms with Crippen LogP contribution in [0.4, 0.5) is 0 Å². The van der Waals surface area contributed by atoms with Gasteiger partial charge in [-0.2, -0.15) is 0 Å². The molecule has 0 spiro atoms. The first kappa shape index (κ1) is 11.4. The van der Waals surface area contributed by atoms with E-state index in [2.05, 4.69) is 19.2 Å². The lowest BCUT2D eigenvalue weighted by molar-refractivity contribution is -0.0631. The lowest BCUT2D eigenvalue weighted by Gasteiger charge is -2.36. The van der Waals surface area contributed by atoms with Crippen LogP contribution in [0.2, 0.25) is 0 Å². The second-order valence-corrected chi connectivity index (χ2v) is 5.86. The average Bonchev–Trinajstić information content (AvgIpc) is 2.65. The maximum atomic E-state index is 5.73. The van der Waals surface area contributed by atoms with E-state index in [1.54, 1.807) is 0 Å². The van der Waals surface area contributed by atoms with Crippen LogP contribution in [0.3, 0.4) is 0 Å². The van der Waals surface area contributed by atoms with E-state index in [1.165, 1.54) is 45.1 Å². The Morgan fingerprint density at radius 1 is 1.20 bits per heavy atom. The third-order valence-corrected chi connectivity index (χ3v) is 3.87. The van der Waals surface area contributed by atoms with Crippen LogP contribution in [-0.4, -0.2) is 24.8 Å². The first-order chi connectivity index (χ1) is 7.16. The third-order valence-electron chi connectivity index (χ3n) is 3.87. The molecule has 1 aliphatic carbocycles. The van der Waals surface area contributed by atoms with Crippen molar-refractivity contribution in [3.8, 4) is 0 Å². The van der Waals surface area contributed by atoms with Crippen molar-refractivity contribution in [2.24, 2.45) is 5.92 Å². The molecule has 1 atom stereocenters. The van der Waals surface area contributed by atoms with Gasteiger partial charge in [-0.15, -0.1) is 0 Å². The minimum absolute atomic E-state index is 0.0889. The Hall–Kier alpha value is -0.0800. The number of ether oxygens (including phenoxy) is 1. The van der Waals surface area contributed by atoms with Gasteiger partial charge in [0.1, 0.15) is 0 Å². The maximum Gasteiger partial charge on any atom is 0.0641 e. The van der Waals surface area contributed by atoms with Gasteiger partial charge >= 0.3 is 0 Å². The average molecular weight is 211 g/mol. The van der Waals surface area contributed by atoms with E-state index in [0.717, 1.165) is 12.5 Å². The van der Waals surface area contributed by atoms with Crippen LogP contribution in [-0.2, 0) is 4.74 Å². The summed E-state index contributed by atoms with van der Waals surface area (Å²) in [6, 6.07) is 0.689. The van der Waals surface area contributed by atoms with Crippen LogP contribution < -0.4 is 5.32 Å². The van der Waals surface area contributed by atoms with Crippen LogP contribution in [0.5, 0.6) is 0 Å². The van der Waals surface area contributed by atoms with Crippen molar-refractivity contribution in [2.45, 2.75) is 64.0 Å². The molecule has 1 unspecified atom stereocenters. The molecule has 0 aromatic rings. The Morgan fingerprint density at radius 3 is 2.60 bits per heavy atom. The largest absolute Gasteiger partial charge is 0.375 e. The van der Waals surface area contributed by atoms with E-state index in [4.69, 9.17) is 4.74 Å². The van der Waals surface area contributed by atoms with Crippen molar-refractivity contribution in [3.05, 3.63) is 0 Å². The zero-order valence-electron chi connectivity index (χ0n) is 10.2. The minimum atomic E-state index is 0.0889. The number of hydrogen-bond donors (Lipinski definition) is 1. The van der Waals surface area contributed by atoms with E-state index in [9.17, 15) is 0 Å². The fourth-order valence-corrected chi connectivity index (χ4v) is 2.95. The van der Waals surface area contributed by atoms with Gasteiger partial charge < -0.3 is 10.1 Å². The normalized spacial score (nSPS) is 32.0. The lowest BCUT2D eigenvalue weighted by Crippen LogP contribution is -2.44. The van der Waals surface area contributed by atoms with Gasteiger partial charge in [0.15, 0.2) is 0 Å². The summed E-state index contributed by atoms with van der Waals surface area (Å²) in [5.74, 6) is 0.955. The summed E-state index contributed by atoms with van der Waals surface area (Å²) in [7, 11) is 0. The number of hydrogen-bond acceptors (Lipinski definition) is 2. The molecule has 0 aromatic heterocycles. The second kappa shape index (κ2) is 4.84. The Kier molecular flexibility index (Phi) is 3.68. The Bertz CT molecular complexity index is 197. The van der Waals surface area contributed by atoms with Gasteiger partial charge in [0.05, 0.1) is 5.60 Å². The number of nitrogens with one attached hydrogen (secondary N) is 1. The van der Waals surface area contributed by atoms with Crippen LogP contribution >= 0.6 is 0 Å². The fourth-order valence-electron chi connectivity index (χ4n) is 2.95. The standard InChI is InChI=1S/C13H25NO/c1-13(2)9-12(7-8-15-13)14-10-11-5-3-4-6-11/h11-12,14H,3-10H2,1-2H3. The summed E-state index contributed by atoms with van der Waals surface area (Å²) in [4.78, 5) is 0. The van der Waals surface area contributed by atoms with E-state index >= 15 is 0 Å². The highest BCUT2D eigenvalue weighted by Crippen LogP contribution is 2.26. The smallest absolute Gasteiger partial charge is 0.0641 e. The molecule has 2 heteroatoms. The molecule has 0 amide bonds. The monoisotopic (exact) mass is 211 g/mol. The highest BCUT2D eigenvalue weighted by atomic mass is 16.5. The van der Waals surface area contributed by atoms with Gasteiger partial charge in [0.2, 0.25) is 0 Å². The molecule has 1 aliphatic heterocycles. The van der Waals surface area contributed by atoms with Gasteiger partial charge in [-0.1, -0.05) is 12.8 Å². The summed E-state index contributed by atoms with van der Waals surface area (Å²) in [5, 5.41) is 3.74. The fraction of sp³-hybridized carbons (Fsp3) is 1.00. The van der Waals surface area contributed by atoms with Crippen LogP contribution in [0.25, 0.3) is 0 Å². The van der Waals surface area contributed by atoms with Gasteiger partial charge in [0, 0.05) is 12.6 Å². The number of rotatable bonds is 3. The summed E-state index contributed by atoms with van der Waals surface area (Å²) >= 11 is 0. The molecule has 88 valence electrons. The predicted molar refractivity (Wildman–Crippen MR) is 63.0 cm³/mol. The van der Waals surface area contributed by atoms with Crippen molar-refractivity contribution in [3.63, 3.8) is 0 Å². The van der Waals surface area contributed by atoms with Crippen molar-refractivity contribution in [2.75, 3.05) is 13.2 Å². The molecule has 0 aromatic carbocycles. The zero-order chi connectivity index (χ0) is 10.7. The van der Waals surface area contributed by atoms with E-state index in [0.29, 0.717) is 6.04 Å². The molecule has 1 saturated carbocycles. The first-order valence-corrected chi connectivity index (χ1v) is 6.53. The predicted octanol–water partition coefficient (Wildman–Crippen LogP) is 2.72. The molecular weight excluding hydrogens is 186 g/mol. The molecule has 15 heavy (non-hydrogen) atoms. The molecule has 1 heterocycles. The van der Waals surface area contributed by atoms with Crippen molar-refractivity contribution in [1.29, 1.82) is 0 Å². The highest BCUT2D eigenvalue weighted by molar-refractivity contribution is 4.84. The second-order valence-electron chi connectivity index (χ2n) is 5.86. The quantitative estimate of drug-likeness (QED) is 0.775. The molecule has 0 bridgehead atoms. The highest BCUT2D eigenvalue weighted by Gasteiger charge is 2.29. The lowest BCUT2D eigenvalue weighted by atomic mass is 9.93. The van der Waals surface area contributed by atoms with Crippen LogP contribution in [0.1, 0.15) is 52.4 Å². The molecule has 1 N–H and O–H groups in total. The summed E-state index contributed by atoms with van der Waals surface area (Å²) < 4.78 is 5.73. The Balaban J connectivity index is 1.69. The van der Waals surface area contributed by atoms with Crippen LogP contribution in [0, 0.1) is 5.92 Å². The Labute approximate surface area is 93.8 Å². The first-order valence-electron chi connectivity index (χ1n) is 6.53. The van der Waals surface area contributed by atoms with E-state index < -0.39 is 0 Å². The van der Waals surface area contributed by atoms with Gasteiger partial charge in [-0.05, 0) is 52.0 Å².